The van der Waals surface area contributed by atoms with Gasteiger partial charge in [-0.2, -0.15) is 26.3 Å². The van der Waals surface area contributed by atoms with E-state index in [9.17, 15) is 31.1 Å². The van der Waals surface area contributed by atoms with E-state index < -0.39 is 41.0 Å². The highest BCUT2D eigenvalue weighted by Crippen LogP contribution is 2.40. The molecule has 0 aliphatic carbocycles. The van der Waals surface area contributed by atoms with Crippen LogP contribution in [0, 0.1) is 0 Å². The summed E-state index contributed by atoms with van der Waals surface area (Å²) in [6, 6.07) is 2.88. The standard InChI is InChI=1S/C20H19F6NO4/c1-10(11-7-15(29-2)17(31-4)16(8-11)30-3)27-18(28)12-5-13(19(21,22)23)9-14(6-12)20(24,25)26/h5-10H,1-4H3,(H,27,28). The van der Waals surface area contributed by atoms with Gasteiger partial charge in [0.2, 0.25) is 5.75 Å². The molecule has 1 amide bonds. The Morgan fingerprint density at radius 2 is 1.26 bits per heavy atom. The van der Waals surface area contributed by atoms with Crippen LogP contribution >= 0.6 is 0 Å². The Kier molecular flexibility index (Phi) is 6.97. The van der Waals surface area contributed by atoms with Gasteiger partial charge in [-0.25, -0.2) is 0 Å². The molecule has 0 fully saturated rings. The zero-order valence-electron chi connectivity index (χ0n) is 16.9. The van der Waals surface area contributed by atoms with Crippen molar-refractivity contribution in [2.24, 2.45) is 0 Å². The number of ether oxygens (including phenoxy) is 3. The second kappa shape index (κ2) is 8.94. The van der Waals surface area contributed by atoms with E-state index in [0.29, 0.717) is 17.7 Å². The molecule has 0 bridgehead atoms. The summed E-state index contributed by atoms with van der Waals surface area (Å²) in [4.78, 5) is 12.5. The molecule has 1 atom stereocenters. The van der Waals surface area contributed by atoms with Crippen molar-refractivity contribution >= 4 is 5.91 Å². The van der Waals surface area contributed by atoms with Crippen molar-refractivity contribution in [2.75, 3.05) is 21.3 Å². The maximum Gasteiger partial charge on any atom is 0.416 e. The number of carbonyl (C=O) groups excluding carboxylic acids is 1. The number of carbonyl (C=O) groups is 1. The average Bonchev–Trinajstić information content (AvgIpc) is 2.70. The number of alkyl halides is 6. The molecular weight excluding hydrogens is 432 g/mol. The third-order valence-electron chi connectivity index (χ3n) is 4.38. The summed E-state index contributed by atoms with van der Waals surface area (Å²) in [7, 11) is 4.12. The molecule has 5 nitrogen and oxygen atoms in total. The molecule has 2 aromatic carbocycles. The SMILES string of the molecule is COc1cc(C(C)NC(=O)c2cc(C(F)(F)F)cc(C(F)(F)F)c2)cc(OC)c1OC. The lowest BCUT2D eigenvalue weighted by atomic mass is 10.0. The largest absolute Gasteiger partial charge is 0.493 e. The van der Waals surface area contributed by atoms with Crippen LogP contribution in [0.2, 0.25) is 0 Å². The molecule has 0 aliphatic heterocycles. The second-order valence-electron chi connectivity index (χ2n) is 6.45. The molecule has 170 valence electrons. The predicted molar refractivity (Wildman–Crippen MR) is 98.4 cm³/mol. The number of nitrogens with one attached hydrogen (secondary N) is 1. The van der Waals surface area contributed by atoms with E-state index in [4.69, 9.17) is 14.2 Å². The average molecular weight is 451 g/mol. The number of benzene rings is 2. The normalized spacial score (nSPS) is 12.8. The van der Waals surface area contributed by atoms with Crippen LogP contribution in [-0.2, 0) is 12.4 Å². The first kappa shape index (κ1) is 24.2. The van der Waals surface area contributed by atoms with Crippen LogP contribution in [-0.4, -0.2) is 27.2 Å². The number of methoxy groups -OCH3 is 3. The zero-order valence-corrected chi connectivity index (χ0v) is 16.9. The quantitative estimate of drug-likeness (QED) is 0.611. The third-order valence-corrected chi connectivity index (χ3v) is 4.38. The zero-order chi connectivity index (χ0) is 23.6. The van der Waals surface area contributed by atoms with Gasteiger partial charge in [0.05, 0.1) is 38.5 Å². The van der Waals surface area contributed by atoms with Crippen molar-refractivity contribution in [2.45, 2.75) is 25.3 Å². The molecule has 2 aromatic rings. The first-order valence-electron chi connectivity index (χ1n) is 8.72. The molecule has 31 heavy (non-hydrogen) atoms. The molecule has 11 heteroatoms. The van der Waals surface area contributed by atoms with Gasteiger partial charge in [0.25, 0.3) is 5.91 Å². The number of hydrogen-bond acceptors (Lipinski definition) is 4. The highest BCUT2D eigenvalue weighted by Gasteiger charge is 2.37. The third kappa shape index (κ3) is 5.53. The van der Waals surface area contributed by atoms with Gasteiger partial charge in [-0.3, -0.25) is 4.79 Å². The van der Waals surface area contributed by atoms with Gasteiger partial charge in [-0.15, -0.1) is 0 Å². The van der Waals surface area contributed by atoms with Gasteiger partial charge in [0, 0.05) is 5.56 Å². The Balaban J connectivity index is 2.41. The van der Waals surface area contributed by atoms with E-state index in [2.05, 4.69) is 5.32 Å². The molecular formula is C20H19F6NO4. The molecule has 1 N–H and O–H groups in total. The summed E-state index contributed by atoms with van der Waals surface area (Å²) in [5.41, 5.74) is -3.51. The van der Waals surface area contributed by atoms with Crippen molar-refractivity contribution in [3.8, 4) is 17.2 Å². The van der Waals surface area contributed by atoms with Gasteiger partial charge in [-0.1, -0.05) is 0 Å². The Morgan fingerprint density at radius 1 is 0.806 bits per heavy atom. The van der Waals surface area contributed by atoms with E-state index in [-0.39, 0.29) is 23.3 Å². The smallest absolute Gasteiger partial charge is 0.416 e. The lowest BCUT2D eigenvalue weighted by Gasteiger charge is -2.19. The molecule has 0 radical (unpaired) electrons. The Bertz CT molecular complexity index is 898. The maximum atomic E-state index is 13.0. The number of halogens is 6. The second-order valence-corrected chi connectivity index (χ2v) is 6.45. The van der Waals surface area contributed by atoms with Gasteiger partial charge < -0.3 is 19.5 Å². The van der Waals surface area contributed by atoms with Crippen LogP contribution in [0.15, 0.2) is 30.3 Å². The summed E-state index contributed by atoms with van der Waals surface area (Å²) in [5, 5.41) is 2.38. The van der Waals surface area contributed by atoms with E-state index in [0.717, 1.165) is 0 Å². The van der Waals surface area contributed by atoms with Crippen molar-refractivity contribution in [3.63, 3.8) is 0 Å². The number of amides is 1. The Hall–Kier alpha value is -3.11. The Morgan fingerprint density at radius 3 is 1.61 bits per heavy atom. The molecule has 0 aliphatic rings. The lowest BCUT2D eigenvalue weighted by molar-refractivity contribution is -0.143. The fraction of sp³-hybridized carbons (Fsp3) is 0.350. The lowest BCUT2D eigenvalue weighted by Crippen LogP contribution is -2.27. The van der Waals surface area contributed by atoms with Gasteiger partial charge >= 0.3 is 12.4 Å². The fourth-order valence-corrected chi connectivity index (χ4v) is 2.80. The minimum Gasteiger partial charge on any atom is -0.493 e. The van der Waals surface area contributed by atoms with E-state index >= 15 is 0 Å². The van der Waals surface area contributed by atoms with Crippen molar-refractivity contribution < 1.29 is 45.3 Å². The van der Waals surface area contributed by atoms with Crippen molar-refractivity contribution in [1.82, 2.24) is 5.32 Å². The summed E-state index contributed by atoms with van der Waals surface area (Å²) < 4.78 is 93.7. The molecule has 2 rings (SSSR count). The first-order valence-corrected chi connectivity index (χ1v) is 8.72. The number of hydrogen-bond donors (Lipinski definition) is 1. The van der Waals surface area contributed by atoms with Crippen LogP contribution < -0.4 is 19.5 Å². The summed E-state index contributed by atoms with van der Waals surface area (Å²) in [6.07, 6.45) is -10.1. The highest BCUT2D eigenvalue weighted by molar-refractivity contribution is 5.95. The number of rotatable bonds is 6. The van der Waals surface area contributed by atoms with Crippen LogP contribution in [0.3, 0.4) is 0 Å². The van der Waals surface area contributed by atoms with Crippen molar-refractivity contribution in [1.29, 1.82) is 0 Å². The van der Waals surface area contributed by atoms with Crippen LogP contribution in [0.5, 0.6) is 17.2 Å². The van der Waals surface area contributed by atoms with Crippen LogP contribution in [0.1, 0.15) is 40.0 Å². The molecule has 0 saturated heterocycles. The minimum absolute atomic E-state index is 0.0423. The highest BCUT2D eigenvalue weighted by atomic mass is 19.4. The molecule has 0 saturated carbocycles. The van der Waals surface area contributed by atoms with Gasteiger partial charge in [0.1, 0.15) is 0 Å². The minimum atomic E-state index is -5.06. The van der Waals surface area contributed by atoms with Gasteiger partial charge in [-0.05, 0) is 42.8 Å². The molecule has 1 unspecified atom stereocenters. The fourth-order valence-electron chi connectivity index (χ4n) is 2.80. The Labute approximate surface area is 173 Å². The monoisotopic (exact) mass is 451 g/mol. The molecule has 0 aromatic heterocycles. The van der Waals surface area contributed by atoms with Gasteiger partial charge in [0.15, 0.2) is 11.5 Å². The van der Waals surface area contributed by atoms with E-state index in [1.807, 2.05) is 0 Å². The summed E-state index contributed by atoms with van der Waals surface area (Å²) in [6.45, 7) is 1.50. The first-order chi connectivity index (χ1) is 14.3. The van der Waals surface area contributed by atoms with Crippen LogP contribution in [0.4, 0.5) is 26.3 Å². The molecule has 0 heterocycles. The van der Waals surface area contributed by atoms with E-state index in [1.165, 1.54) is 40.4 Å². The van der Waals surface area contributed by atoms with Crippen molar-refractivity contribution in [3.05, 3.63) is 52.6 Å². The summed E-state index contributed by atoms with van der Waals surface area (Å²) in [5.74, 6) is -0.314. The predicted octanol–water partition coefficient (Wildman–Crippen LogP) is 5.24. The van der Waals surface area contributed by atoms with Crippen LogP contribution in [0.25, 0.3) is 0 Å². The topological polar surface area (TPSA) is 56.8 Å². The van der Waals surface area contributed by atoms with E-state index in [1.54, 1.807) is 0 Å². The molecule has 0 spiro atoms. The summed E-state index contributed by atoms with van der Waals surface area (Å²) >= 11 is 0. The maximum absolute atomic E-state index is 13.0.